The lowest BCUT2D eigenvalue weighted by molar-refractivity contribution is -0.152. The number of para-hydroxylation sites is 2. The maximum absolute atomic E-state index is 12.9. The van der Waals surface area contributed by atoms with Gasteiger partial charge in [-0.25, -0.2) is 4.98 Å². The van der Waals surface area contributed by atoms with Crippen LogP contribution in [0.25, 0.3) is 11.0 Å². The predicted molar refractivity (Wildman–Crippen MR) is 112 cm³/mol. The highest BCUT2D eigenvalue weighted by atomic mass is 35.5. The Morgan fingerprint density at radius 3 is 2.55 bits per heavy atom. The third-order valence-electron chi connectivity index (χ3n) is 4.64. The summed E-state index contributed by atoms with van der Waals surface area (Å²) in [6, 6.07) is 8.68. The maximum Gasteiger partial charge on any atom is 0.416 e. The first kappa shape index (κ1) is 23.9. The van der Waals surface area contributed by atoms with Crippen LogP contribution in [-0.2, 0) is 31.7 Å². The Morgan fingerprint density at radius 1 is 1.18 bits per heavy atom. The Labute approximate surface area is 188 Å². The lowest BCUT2D eigenvalue weighted by atomic mass is 9.97. The van der Waals surface area contributed by atoms with E-state index >= 15 is 0 Å². The first-order valence-electron chi connectivity index (χ1n) is 9.29. The number of Topliss-reactive ketones (excluding diaryl/α,β-unsaturated/α-hetero) is 1. The molecule has 0 saturated heterocycles. The van der Waals surface area contributed by atoms with Gasteiger partial charge in [-0.05, 0) is 30.3 Å². The molecule has 0 bridgehead atoms. The van der Waals surface area contributed by atoms with Crippen molar-refractivity contribution in [3.63, 3.8) is 0 Å². The zero-order valence-electron chi connectivity index (χ0n) is 16.8. The van der Waals surface area contributed by atoms with Gasteiger partial charge in [0.2, 0.25) is 5.78 Å². The van der Waals surface area contributed by atoms with Crippen LogP contribution in [0.1, 0.15) is 11.3 Å². The Hall–Kier alpha value is -3.73. The highest BCUT2D eigenvalue weighted by Gasteiger charge is 2.35. The van der Waals surface area contributed by atoms with Crippen molar-refractivity contribution in [3.05, 3.63) is 69.1 Å². The van der Waals surface area contributed by atoms with Crippen LogP contribution in [0.3, 0.4) is 0 Å². The molecule has 2 aromatic carbocycles. The van der Waals surface area contributed by atoms with Crippen molar-refractivity contribution in [2.45, 2.75) is 12.6 Å². The van der Waals surface area contributed by atoms with Crippen molar-refractivity contribution in [2.24, 2.45) is 5.92 Å². The van der Waals surface area contributed by atoms with E-state index in [2.05, 4.69) is 14.7 Å². The number of aromatic nitrogens is 2. The number of aromatic amines is 1. The minimum Gasteiger partial charge on any atom is -0.468 e. The molecule has 0 spiro atoms. The number of alkyl halides is 3. The average Bonchev–Trinajstić information content (AvgIpc) is 2.77. The van der Waals surface area contributed by atoms with Crippen LogP contribution < -0.4 is 10.9 Å². The summed E-state index contributed by atoms with van der Waals surface area (Å²) >= 11 is 5.83. The zero-order chi connectivity index (χ0) is 24.3. The smallest absolute Gasteiger partial charge is 0.416 e. The molecule has 1 atom stereocenters. The Morgan fingerprint density at radius 2 is 1.88 bits per heavy atom. The van der Waals surface area contributed by atoms with Gasteiger partial charge in [0.25, 0.3) is 11.5 Å². The first-order valence-corrected chi connectivity index (χ1v) is 9.66. The summed E-state index contributed by atoms with van der Waals surface area (Å²) in [5.41, 5.74) is -1.67. The van der Waals surface area contributed by atoms with Gasteiger partial charge in [-0.2, -0.15) is 13.2 Å². The van der Waals surface area contributed by atoms with Crippen LogP contribution >= 0.6 is 11.6 Å². The van der Waals surface area contributed by atoms with Gasteiger partial charge < -0.3 is 15.0 Å². The van der Waals surface area contributed by atoms with Crippen molar-refractivity contribution in [2.75, 3.05) is 12.4 Å². The molecule has 2 N–H and O–H groups in total. The van der Waals surface area contributed by atoms with Gasteiger partial charge in [0.15, 0.2) is 0 Å². The number of methoxy groups -OCH3 is 1. The average molecular weight is 482 g/mol. The lowest BCUT2D eigenvalue weighted by Gasteiger charge is -2.15. The molecule has 0 aliphatic rings. The number of hydrogen-bond acceptors (Lipinski definition) is 6. The second kappa shape index (κ2) is 9.41. The summed E-state index contributed by atoms with van der Waals surface area (Å²) in [4.78, 5) is 56.4. The first-order chi connectivity index (χ1) is 15.5. The SMILES string of the molecule is COC(=O)[C@H](Cc1nc2ccccc2[nH]c1=O)C(=O)C(=O)Nc1cc(C(F)(F)F)ccc1Cl. The molecule has 0 radical (unpaired) electrons. The van der Waals surface area contributed by atoms with E-state index in [0.717, 1.165) is 13.2 Å². The molecule has 12 heteroatoms. The minimum absolute atomic E-state index is 0.206. The summed E-state index contributed by atoms with van der Waals surface area (Å²) in [7, 11) is 0.974. The van der Waals surface area contributed by atoms with Crippen molar-refractivity contribution in [1.29, 1.82) is 0 Å². The maximum atomic E-state index is 12.9. The van der Waals surface area contributed by atoms with Gasteiger partial charge in [0.1, 0.15) is 11.6 Å². The number of hydrogen-bond donors (Lipinski definition) is 2. The number of nitrogens with one attached hydrogen (secondary N) is 2. The van der Waals surface area contributed by atoms with Gasteiger partial charge in [0, 0.05) is 6.42 Å². The second-order valence-corrected chi connectivity index (χ2v) is 7.23. The summed E-state index contributed by atoms with van der Waals surface area (Å²) in [5, 5.41) is 1.72. The van der Waals surface area contributed by atoms with Crippen molar-refractivity contribution in [1.82, 2.24) is 9.97 Å². The molecular formula is C21H15ClF3N3O5. The van der Waals surface area contributed by atoms with E-state index in [1.165, 1.54) is 0 Å². The fourth-order valence-corrected chi connectivity index (χ4v) is 3.13. The number of fused-ring (bicyclic) bond motifs is 1. The summed E-state index contributed by atoms with van der Waals surface area (Å²) in [5.74, 6) is -5.65. The highest BCUT2D eigenvalue weighted by molar-refractivity contribution is 6.45. The fourth-order valence-electron chi connectivity index (χ4n) is 2.96. The number of amides is 1. The van der Waals surface area contributed by atoms with Crippen molar-refractivity contribution in [3.8, 4) is 0 Å². The minimum atomic E-state index is -4.72. The van der Waals surface area contributed by atoms with E-state index in [-0.39, 0.29) is 10.7 Å². The molecule has 1 amide bonds. The quantitative estimate of drug-likeness (QED) is 0.317. The number of benzene rings is 2. The molecule has 3 rings (SSSR count). The van der Waals surface area contributed by atoms with Crippen LogP contribution in [0.4, 0.5) is 18.9 Å². The molecule has 33 heavy (non-hydrogen) atoms. The van der Waals surface area contributed by atoms with E-state index in [1.54, 1.807) is 24.3 Å². The second-order valence-electron chi connectivity index (χ2n) is 6.82. The van der Waals surface area contributed by atoms with Crippen molar-refractivity contribution >= 4 is 46.0 Å². The van der Waals surface area contributed by atoms with Crippen LogP contribution in [0, 0.1) is 5.92 Å². The molecule has 0 fully saturated rings. The number of ketones is 1. The predicted octanol–water partition coefficient (Wildman–Crippen LogP) is 3.13. The molecular weight excluding hydrogens is 467 g/mol. The van der Waals surface area contributed by atoms with E-state index in [9.17, 15) is 32.3 Å². The Kier molecular flexibility index (Phi) is 6.82. The number of rotatable bonds is 6. The van der Waals surface area contributed by atoms with E-state index in [1.807, 2.05) is 5.32 Å². The molecule has 0 saturated carbocycles. The molecule has 0 unspecified atom stereocenters. The van der Waals surface area contributed by atoms with Crippen LogP contribution in [-0.4, -0.2) is 34.7 Å². The van der Waals surface area contributed by atoms with Crippen LogP contribution in [0.5, 0.6) is 0 Å². The monoisotopic (exact) mass is 481 g/mol. The summed E-state index contributed by atoms with van der Waals surface area (Å²) in [6.45, 7) is 0. The Bertz CT molecular complexity index is 1310. The Balaban J connectivity index is 1.89. The number of nitrogens with zero attached hydrogens (tertiary/aromatic N) is 1. The molecule has 0 aliphatic carbocycles. The molecule has 172 valence electrons. The third kappa shape index (κ3) is 5.37. The number of carbonyl (C=O) groups is 3. The van der Waals surface area contributed by atoms with Gasteiger partial charge in [0.05, 0.1) is 34.4 Å². The van der Waals surface area contributed by atoms with E-state index < -0.39 is 53.0 Å². The molecule has 8 nitrogen and oxygen atoms in total. The van der Waals surface area contributed by atoms with Gasteiger partial charge in [-0.15, -0.1) is 0 Å². The number of esters is 1. The number of anilines is 1. The number of ether oxygens (including phenoxy) is 1. The lowest BCUT2D eigenvalue weighted by Crippen LogP contribution is -2.37. The fraction of sp³-hybridized carbons (Fsp3) is 0.190. The van der Waals surface area contributed by atoms with Crippen molar-refractivity contribution < 1.29 is 32.3 Å². The van der Waals surface area contributed by atoms with E-state index in [0.29, 0.717) is 23.2 Å². The summed E-state index contributed by atoms with van der Waals surface area (Å²) < 4.78 is 43.4. The molecule has 1 aromatic heterocycles. The van der Waals surface area contributed by atoms with Crippen LogP contribution in [0.15, 0.2) is 47.3 Å². The van der Waals surface area contributed by atoms with Gasteiger partial charge >= 0.3 is 12.1 Å². The molecule has 3 aromatic rings. The van der Waals surface area contributed by atoms with E-state index in [4.69, 9.17) is 11.6 Å². The van der Waals surface area contributed by atoms with Gasteiger partial charge in [-0.3, -0.25) is 19.2 Å². The third-order valence-corrected chi connectivity index (χ3v) is 4.96. The number of H-pyrrole nitrogens is 1. The molecule has 0 aliphatic heterocycles. The van der Waals surface area contributed by atoms with Crippen LogP contribution in [0.2, 0.25) is 5.02 Å². The highest BCUT2D eigenvalue weighted by Crippen LogP contribution is 2.33. The molecule has 1 heterocycles. The normalized spacial score (nSPS) is 12.3. The summed E-state index contributed by atoms with van der Waals surface area (Å²) in [6.07, 6.45) is -5.29. The zero-order valence-corrected chi connectivity index (χ0v) is 17.6. The van der Waals surface area contributed by atoms with Gasteiger partial charge in [-0.1, -0.05) is 23.7 Å². The number of halogens is 4. The largest absolute Gasteiger partial charge is 0.468 e. The standard InChI is InChI=1S/C21H15ClF3N3O5/c1-33-20(32)11(9-16-18(30)27-14-5-3-2-4-13(14)26-16)17(29)19(31)28-15-8-10(21(23,24)25)6-7-12(15)22/h2-8,11H,9H2,1H3,(H,27,30)(H,28,31)/t11-/m1/s1. The number of carbonyl (C=O) groups excluding carboxylic acids is 3. The topological polar surface area (TPSA) is 118 Å².